The Bertz CT molecular complexity index is 696. The number of ketones is 1. The Balaban J connectivity index is 2.00. The van der Waals surface area contributed by atoms with E-state index in [1.165, 1.54) is 23.1 Å². The lowest BCUT2D eigenvalue weighted by Gasteiger charge is -2.10. The summed E-state index contributed by atoms with van der Waals surface area (Å²) in [7, 11) is 0. The molecule has 1 aromatic carbocycles. The van der Waals surface area contributed by atoms with Crippen LogP contribution in [0, 0.1) is 12.8 Å². The highest BCUT2D eigenvalue weighted by atomic mass is 32.2. The van der Waals surface area contributed by atoms with E-state index in [0.29, 0.717) is 11.3 Å². The standard InChI is InChI=1S/C16H19N3O2S2/c1-9(2)15(21)17-13-7-5-12(6-8-13)14(20)10(3)22-16-19-18-11(4)23-16/h5-10H,1-4H3,(H,17,21). The van der Waals surface area contributed by atoms with Gasteiger partial charge in [0.2, 0.25) is 5.91 Å². The number of anilines is 1. The van der Waals surface area contributed by atoms with Gasteiger partial charge in [-0.3, -0.25) is 9.59 Å². The van der Waals surface area contributed by atoms with Crippen molar-refractivity contribution < 1.29 is 9.59 Å². The Labute approximate surface area is 143 Å². The summed E-state index contributed by atoms with van der Waals surface area (Å²) >= 11 is 2.89. The average molecular weight is 349 g/mol. The number of nitrogens with zero attached hydrogens (tertiary/aromatic N) is 2. The van der Waals surface area contributed by atoms with E-state index >= 15 is 0 Å². The van der Waals surface area contributed by atoms with Gasteiger partial charge in [0.05, 0.1) is 5.25 Å². The summed E-state index contributed by atoms with van der Waals surface area (Å²) < 4.78 is 0.796. The second-order valence-corrected chi connectivity index (χ2v) is 8.20. The molecule has 2 aromatic rings. The van der Waals surface area contributed by atoms with E-state index in [9.17, 15) is 9.59 Å². The predicted octanol–water partition coefficient (Wildman–Crippen LogP) is 3.80. The smallest absolute Gasteiger partial charge is 0.226 e. The Morgan fingerprint density at radius 2 is 1.78 bits per heavy atom. The zero-order valence-electron chi connectivity index (χ0n) is 13.5. The number of rotatable bonds is 6. The number of aryl methyl sites for hydroxylation is 1. The number of carbonyl (C=O) groups is 2. The molecule has 2 rings (SSSR count). The minimum absolute atomic E-state index is 0.0320. The number of nitrogens with one attached hydrogen (secondary N) is 1. The van der Waals surface area contributed by atoms with Crippen LogP contribution in [0.3, 0.4) is 0 Å². The summed E-state index contributed by atoms with van der Waals surface area (Å²) in [4.78, 5) is 24.1. The molecular formula is C16H19N3O2S2. The number of amides is 1. The van der Waals surface area contributed by atoms with Crippen molar-refractivity contribution in [1.29, 1.82) is 0 Å². The number of carbonyl (C=O) groups excluding carboxylic acids is 2. The molecule has 0 spiro atoms. The van der Waals surface area contributed by atoms with E-state index < -0.39 is 0 Å². The SMILES string of the molecule is Cc1nnc(SC(C)C(=O)c2ccc(NC(=O)C(C)C)cc2)s1. The summed E-state index contributed by atoms with van der Waals surface area (Å²) in [5.41, 5.74) is 1.31. The molecule has 7 heteroatoms. The highest BCUT2D eigenvalue weighted by Gasteiger charge is 2.18. The second kappa shape index (κ2) is 7.70. The first kappa shape index (κ1) is 17.6. The highest BCUT2D eigenvalue weighted by molar-refractivity contribution is 8.02. The molecule has 0 aliphatic rings. The van der Waals surface area contributed by atoms with Gasteiger partial charge in [0.15, 0.2) is 10.1 Å². The number of aromatic nitrogens is 2. The largest absolute Gasteiger partial charge is 0.326 e. The molecule has 0 fully saturated rings. The molecule has 1 heterocycles. The highest BCUT2D eigenvalue weighted by Crippen LogP contribution is 2.28. The molecule has 0 bridgehead atoms. The molecule has 1 amide bonds. The van der Waals surface area contributed by atoms with Gasteiger partial charge in [0, 0.05) is 17.2 Å². The fourth-order valence-corrected chi connectivity index (χ4v) is 3.81. The summed E-state index contributed by atoms with van der Waals surface area (Å²) in [6.45, 7) is 7.42. The molecule has 1 atom stereocenters. The number of thioether (sulfide) groups is 1. The molecule has 1 N–H and O–H groups in total. The van der Waals surface area contributed by atoms with E-state index in [-0.39, 0.29) is 22.9 Å². The van der Waals surface area contributed by atoms with Crippen molar-refractivity contribution in [3.05, 3.63) is 34.8 Å². The Kier molecular flexibility index (Phi) is 5.90. The minimum atomic E-state index is -0.238. The topological polar surface area (TPSA) is 72.0 Å². The molecule has 1 unspecified atom stereocenters. The first-order valence-corrected chi connectivity index (χ1v) is 8.98. The molecule has 122 valence electrons. The maximum absolute atomic E-state index is 12.4. The first-order valence-electron chi connectivity index (χ1n) is 7.28. The monoisotopic (exact) mass is 349 g/mol. The van der Waals surface area contributed by atoms with Gasteiger partial charge in [-0.25, -0.2) is 0 Å². The van der Waals surface area contributed by atoms with Crippen LogP contribution in [0.5, 0.6) is 0 Å². The van der Waals surface area contributed by atoms with E-state index in [1.807, 2.05) is 27.7 Å². The van der Waals surface area contributed by atoms with Crippen LogP contribution in [-0.4, -0.2) is 27.1 Å². The maximum atomic E-state index is 12.4. The van der Waals surface area contributed by atoms with Crippen LogP contribution in [0.2, 0.25) is 0 Å². The summed E-state index contributed by atoms with van der Waals surface area (Å²) in [5.74, 6) is -0.0904. The third kappa shape index (κ3) is 4.87. The van der Waals surface area contributed by atoms with Crippen LogP contribution in [-0.2, 0) is 4.79 Å². The Morgan fingerprint density at radius 3 is 2.30 bits per heavy atom. The molecule has 0 saturated carbocycles. The van der Waals surface area contributed by atoms with Crippen molar-refractivity contribution in [1.82, 2.24) is 10.2 Å². The van der Waals surface area contributed by atoms with Crippen molar-refractivity contribution >= 4 is 40.5 Å². The first-order chi connectivity index (χ1) is 10.9. The number of benzene rings is 1. The fourth-order valence-electron chi connectivity index (χ4n) is 1.77. The molecule has 23 heavy (non-hydrogen) atoms. The quantitative estimate of drug-likeness (QED) is 0.634. The van der Waals surface area contributed by atoms with E-state index in [4.69, 9.17) is 0 Å². The lowest BCUT2D eigenvalue weighted by Crippen LogP contribution is -2.18. The van der Waals surface area contributed by atoms with Crippen molar-refractivity contribution in [2.45, 2.75) is 37.3 Å². The maximum Gasteiger partial charge on any atom is 0.226 e. The van der Waals surface area contributed by atoms with E-state index in [0.717, 1.165) is 9.35 Å². The molecule has 0 radical (unpaired) electrons. The minimum Gasteiger partial charge on any atom is -0.326 e. The summed E-state index contributed by atoms with van der Waals surface area (Å²) in [6, 6.07) is 6.97. The van der Waals surface area contributed by atoms with Crippen LogP contribution in [0.4, 0.5) is 5.69 Å². The van der Waals surface area contributed by atoms with Crippen molar-refractivity contribution in [3.8, 4) is 0 Å². The van der Waals surface area contributed by atoms with Gasteiger partial charge in [0.25, 0.3) is 0 Å². The Hall–Kier alpha value is -1.73. The fraction of sp³-hybridized carbons (Fsp3) is 0.375. The van der Waals surface area contributed by atoms with Crippen LogP contribution < -0.4 is 5.32 Å². The van der Waals surface area contributed by atoms with E-state index in [1.54, 1.807) is 24.3 Å². The molecule has 0 aliphatic heterocycles. The van der Waals surface area contributed by atoms with Gasteiger partial charge in [-0.15, -0.1) is 10.2 Å². The van der Waals surface area contributed by atoms with Gasteiger partial charge < -0.3 is 5.32 Å². The predicted molar refractivity (Wildman–Crippen MR) is 94.2 cm³/mol. The van der Waals surface area contributed by atoms with Crippen molar-refractivity contribution in [3.63, 3.8) is 0 Å². The van der Waals surface area contributed by atoms with Gasteiger partial charge in [-0.2, -0.15) is 0 Å². The van der Waals surface area contributed by atoms with Gasteiger partial charge in [-0.1, -0.05) is 36.9 Å². The molecule has 0 aliphatic carbocycles. The van der Waals surface area contributed by atoms with Gasteiger partial charge >= 0.3 is 0 Å². The summed E-state index contributed by atoms with van der Waals surface area (Å²) in [5, 5.41) is 11.4. The van der Waals surface area contributed by atoms with Crippen LogP contribution >= 0.6 is 23.1 Å². The normalized spacial score (nSPS) is 12.2. The molecular weight excluding hydrogens is 330 g/mol. The lowest BCUT2D eigenvalue weighted by atomic mass is 10.1. The van der Waals surface area contributed by atoms with Crippen LogP contribution in [0.25, 0.3) is 0 Å². The van der Waals surface area contributed by atoms with Crippen LogP contribution in [0.15, 0.2) is 28.6 Å². The van der Waals surface area contributed by atoms with Crippen LogP contribution in [0.1, 0.15) is 36.1 Å². The number of hydrogen-bond acceptors (Lipinski definition) is 6. The molecule has 0 saturated heterocycles. The van der Waals surface area contributed by atoms with Gasteiger partial charge in [0.1, 0.15) is 5.01 Å². The van der Waals surface area contributed by atoms with Crippen molar-refractivity contribution in [2.75, 3.05) is 5.32 Å². The lowest BCUT2D eigenvalue weighted by molar-refractivity contribution is -0.118. The zero-order chi connectivity index (χ0) is 17.0. The number of Topliss-reactive ketones (excluding diaryl/α,β-unsaturated/α-hetero) is 1. The Morgan fingerprint density at radius 1 is 1.13 bits per heavy atom. The third-order valence-corrected chi connectivity index (χ3v) is 5.14. The average Bonchev–Trinajstić information content (AvgIpc) is 2.92. The molecule has 5 nitrogen and oxygen atoms in total. The third-order valence-electron chi connectivity index (χ3n) is 3.12. The summed E-state index contributed by atoms with van der Waals surface area (Å²) in [6.07, 6.45) is 0. The van der Waals surface area contributed by atoms with E-state index in [2.05, 4.69) is 15.5 Å². The van der Waals surface area contributed by atoms with Crippen molar-refractivity contribution in [2.24, 2.45) is 5.92 Å². The molecule has 1 aromatic heterocycles. The van der Waals surface area contributed by atoms with Gasteiger partial charge in [-0.05, 0) is 38.1 Å². The zero-order valence-corrected chi connectivity index (χ0v) is 15.1. The second-order valence-electron chi connectivity index (χ2n) is 5.43. The number of hydrogen-bond donors (Lipinski definition) is 1.